The molecule has 0 bridgehead atoms. The molecule has 4 rings (SSSR count). The first-order valence-electron chi connectivity index (χ1n) is 9.59. The van der Waals surface area contributed by atoms with E-state index in [2.05, 4.69) is 25.6 Å². The summed E-state index contributed by atoms with van der Waals surface area (Å²) in [7, 11) is 0. The van der Waals surface area contributed by atoms with E-state index in [-0.39, 0.29) is 5.91 Å². The molecule has 1 aromatic carbocycles. The summed E-state index contributed by atoms with van der Waals surface area (Å²) in [4.78, 5) is 26.6. The van der Waals surface area contributed by atoms with Crippen LogP contribution in [0.5, 0.6) is 0 Å². The quantitative estimate of drug-likeness (QED) is 0.373. The fourth-order valence-corrected chi connectivity index (χ4v) is 4.56. The molecule has 0 aliphatic carbocycles. The number of aromatic nitrogens is 3. The first-order valence-corrected chi connectivity index (χ1v) is 11.3. The van der Waals surface area contributed by atoms with Gasteiger partial charge < -0.3 is 15.7 Å². The molecule has 3 aromatic heterocycles. The Bertz CT molecular complexity index is 1290. The molecule has 10 heteroatoms. The standard InChI is InChI=1S/C22H18N6O2S2/c1-12-19(32-21(25-12)13(2)29)17-11-31-22(27-17)28-18-8-5-15(10-24-18)20(30)26-16-6-3-14(9-23)4-7-16/h3-8,10-11,13,29H,1-2H3,(H,26,30)(H,24,27,28). The van der Waals surface area contributed by atoms with Gasteiger partial charge in [-0.3, -0.25) is 4.79 Å². The highest BCUT2D eigenvalue weighted by molar-refractivity contribution is 7.17. The summed E-state index contributed by atoms with van der Waals surface area (Å²) in [5, 5.41) is 27.8. The highest BCUT2D eigenvalue weighted by Crippen LogP contribution is 2.34. The van der Waals surface area contributed by atoms with Gasteiger partial charge in [0.1, 0.15) is 16.9 Å². The number of nitrogens with one attached hydrogen (secondary N) is 2. The third-order valence-corrected chi connectivity index (χ3v) is 6.55. The molecule has 1 atom stereocenters. The molecule has 0 aliphatic rings. The van der Waals surface area contributed by atoms with Gasteiger partial charge in [-0.25, -0.2) is 15.0 Å². The molecule has 8 nitrogen and oxygen atoms in total. The zero-order chi connectivity index (χ0) is 22.7. The molecule has 0 aliphatic heterocycles. The number of hydrogen-bond acceptors (Lipinski definition) is 9. The number of pyridine rings is 1. The van der Waals surface area contributed by atoms with Crippen LogP contribution in [0.1, 0.15) is 39.7 Å². The minimum Gasteiger partial charge on any atom is -0.386 e. The number of hydrogen-bond donors (Lipinski definition) is 3. The smallest absolute Gasteiger partial charge is 0.257 e. The van der Waals surface area contributed by atoms with Crippen LogP contribution in [0.25, 0.3) is 10.6 Å². The number of carbonyl (C=O) groups is 1. The number of rotatable bonds is 6. The Morgan fingerprint density at radius 3 is 2.59 bits per heavy atom. The third kappa shape index (κ3) is 4.81. The van der Waals surface area contributed by atoms with Crippen molar-refractivity contribution >= 4 is 45.2 Å². The summed E-state index contributed by atoms with van der Waals surface area (Å²) >= 11 is 2.86. The predicted octanol–water partition coefficient (Wildman–Crippen LogP) is 4.89. The molecule has 0 fully saturated rings. The van der Waals surface area contributed by atoms with Crippen molar-refractivity contribution in [3.8, 4) is 16.6 Å². The summed E-state index contributed by atoms with van der Waals surface area (Å²) in [6.45, 7) is 3.59. The van der Waals surface area contributed by atoms with Crippen LogP contribution in [0.4, 0.5) is 16.6 Å². The summed E-state index contributed by atoms with van der Waals surface area (Å²) in [5.41, 5.74) is 3.16. The molecule has 0 spiro atoms. The van der Waals surface area contributed by atoms with Gasteiger partial charge in [0.2, 0.25) is 0 Å². The lowest BCUT2D eigenvalue weighted by Gasteiger charge is -2.06. The monoisotopic (exact) mass is 462 g/mol. The molecule has 160 valence electrons. The molecule has 3 heterocycles. The zero-order valence-corrected chi connectivity index (χ0v) is 18.8. The lowest BCUT2D eigenvalue weighted by Crippen LogP contribution is -2.12. The van der Waals surface area contributed by atoms with Crippen LogP contribution in [-0.4, -0.2) is 26.0 Å². The Morgan fingerprint density at radius 1 is 1.19 bits per heavy atom. The van der Waals surface area contributed by atoms with Crippen LogP contribution in [0.2, 0.25) is 0 Å². The van der Waals surface area contributed by atoms with Crippen molar-refractivity contribution in [1.82, 2.24) is 15.0 Å². The Balaban J connectivity index is 1.42. The van der Waals surface area contributed by atoms with E-state index in [1.54, 1.807) is 43.3 Å². The third-order valence-electron chi connectivity index (χ3n) is 4.44. The fourth-order valence-electron chi connectivity index (χ4n) is 2.81. The van der Waals surface area contributed by atoms with Crippen LogP contribution < -0.4 is 10.6 Å². The maximum absolute atomic E-state index is 12.4. The maximum Gasteiger partial charge on any atom is 0.257 e. The molecular formula is C22H18N6O2S2. The number of aryl methyl sites for hydroxylation is 1. The topological polar surface area (TPSA) is 124 Å². The number of aliphatic hydroxyl groups excluding tert-OH is 1. The second kappa shape index (κ2) is 9.23. The maximum atomic E-state index is 12.4. The van der Waals surface area contributed by atoms with Gasteiger partial charge in [-0.1, -0.05) is 0 Å². The summed E-state index contributed by atoms with van der Waals surface area (Å²) < 4.78 is 0. The summed E-state index contributed by atoms with van der Waals surface area (Å²) in [5.74, 6) is 0.270. The Morgan fingerprint density at radius 2 is 1.97 bits per heavy atom. The van der Waals surface area contributed by atoms with Crippen LogP contribution >= 0.6 is 22.7 Å². The molecule has 4 aromatic rings. The number of benzene rings is 1. The van der Waals surface area contributed by atoms with Crippen LogP contribution in [-0.2, 0) is 0 Å². The number of nitriles is 1. The van der Waals surface area contributed by atoms with Gasteiger partial charge in [-0.15, -0.1) is 22.7 Å². The number of nitrogens with zero attached hydrogens (tertiary/aromatic N) is 4. The predicted molar refractivity (Wildman–Crippen MR) is 125 cm³/mol. The molecule has 1 unspecified atom stereocenters. The second-order valence-electron chi connectivity index (χ2n) is 6.88. The minimum absolute atomic E-state index is 0.292. The Labute approximate surface area is 192 Å². The van der Waals surface area contributed by atoms with Gasteiger partial charge >= 0.3 is 0 Å². The molecule has 0 saturated carbocycles. The van der Waals surface area contributed by atoms with Crippen LogP contribution in [0, 0.1) is 18.3 Å². The lowest BCUT2D eigenvalue weighted by atomic mass is 10.2. The first-order chi connectivity index (χ1) is 15.4. The number of aliphatic hydroxyl groups is 1. The SMILES string of the molecule is Cc1nc(C(C)O)sc1-c1csc(Nc2ccc(C(=O)Nc3ccc(C#N)cc3)cn2)n1. The van der Waals surface area contributed by atoms with Crippen molar-refractivity contribution in [3.63, 3.8) is 0 Å². The van der Waals surface area contributed by atoms with E-state index >= 15 is 0 Å². The highest BCUT2D eigenvalue weighted by Gasteiger charge is 2.16. The number of carbonyl (C=O) groups excluding carboxylic acids is 1. The van der Waals surface area contributed by atoms with Gasteiger partial charge in [-0.05, 0) is 50.2 Å². The van der Waals surface area contributed by atoms with Crippen molar-refractivity contribution in [1.29, 1.82) is 5.26 Å². The largest absolute Gasteiger partial charge is 0.386 e. The average molecular weight is 463 g/mol. The molecule has 3 N–H and O–H groups in total. The van der Waals surface area contributed by atoms with E-state index in [1.807, 2.05) is 18.4 Å². The molecular weight excluding hydrogens is 444 g/mol. The van der Waals surface area contributed by atoms with Crippen molar-refractivity contribution in [2.24, 2.45) is 0 Å². The fraction of sp³-hybridized carbons (Fsp3) is 0.136. The molecule has 0 radical (unpaired) electrons. The van der Waals surface area contributed by atoms with E-state index in [1.165, 1.54) is 28.9 Å². The number of amides is 1. The van der Waals surface area contributed by atoms with E-state index in [0.29, 0.717) is 32.8 Å². The van der Waals surface area contributed by atoms with Crippen molar-refractivity contribution in [3.05, 3.63) is 69.8 Å². The van der Waals surface area contributed by atoms with Gasteiger partial charge in [0.15, 0.2) is 5.13 Å². The molecule has 1 amide bonds. The van der Waals surface area contributed by atoms with Crippen molar-refractivity contribution < 1.29 is 9.90 Å². The second-order valence-corrected chi connectivity index (χ2v) is 8.77. The van der Waals surface area contributed by atoms with E-state index < -0.39 is 6.10 Å². The Hall–Kier alpha value is -3.65. The molecule has 32 heavy (non-hydrogen) atoms. The van der Waals surface area contributed by atoms with Gasteiger partial charge in [0.05, 0.1) is 33.5 Å². The van der Waals surface area contributed by atoms with Gasteiger partial charge in [0, 0.05) is 17.3 Å². The van der Waals surface area contributed by atoms with E-state index in [0.717, 1.165) is 16.3 Å². The summed E-state index contributed by atoms with van der Waals surface area (Å²) in [6.07, 6.45) is 0.874. The van der Waals surface area contributed by atoms with E-state index in [4.69, 9.17) is 5.26 Å². The van der Waals surface area contributed by atoms with Crippen LogP contribution in [0.15, 0.2) is 48.0 Å². The van der Waals surface area contributed by atoms with Gasteiger partial charge in [0.25, 0.3) is 5.91 Å². The van der Waals surface area contributed by atoms with E-state index in [9.17, 15) is 9.90 Å². The average Bonchev–Trinajstić information content (AvgIpc) is 3.41. The lowest BCUT2D eigenvalue weighted by molar-refractivity contribution is 0.102. The Kier molecular flexibility index (Phi) is 6.23. The zero-order valence-electron chi connectivity index (χ0n) is 17.2. The van der Waals surface area contributed by atoms with Crippen molar-refractivity contribution in [2.45, 2.75) is 20.0 Å². The first kappa shape index (κ1) is 21.6. The molecule has 0 saturated heterocycles. The number of anilines is 3. The normalized spacial score (nSPS) is 11.6. The highest BCUT2D eigenvalue weighted by atomic mass is 32.1. The van der Waals surface area contributed by atoms with Crippen LogP contribution in [0.3, 0.4) is 0 Å². The van der Waals surface area contributed by atoms with Gasteiger partial charge in [-0.2, -0.15) is 5.26 Å². The number of thiazole rings is 2. The summed E-state index contributed by atoms with van der Waals surface area (Å²) in [6, 6.07) is 12.0. The van der Waals surface area contributed by atoms with Crippen molar-refractivity contribution in [2.75, 3.05) is 10.6 Å². The minimum atomic E-state index is -0.611.